The maximum atomic E-state index is 12.1. The molecule has 2 aliphatic heterocycles. The molecule has 1 aromatic heterocycles. The number of rotatable bonds is 6. The fraction of sp³-hybridized carbons (Fsp3) is 0.375. The van der Waals surface area contributed by atoms with Crippen LogP contribution in [0.2, 0.25) is 0 Å². The van der Waals surface area contributed by atoms with Crippen molar-refractivity contribution >= 4 is 23.6 Å². The fourth-order valence-electron chi connectivity index (χ4n) is 2.45. The lowest BCUT2D eigenvalue weighted by Gasteiger charge is -2.27. The molecule has 0 bridgehead atoms. The van der Waals surface area contributed by atoms with E-state index in [0.717, 1.165) is 24.2 Å². The van der Waals surface area contributed by atoms with Crippen LogP contribution in [0, 0.1) is 0 Å². The van der Waals surface area contributed by atoms with E-state index in [1.54, 1.807) is 18.5 Å². The number of amides is 1. The predicted molar refractivity (Wildman–Crippen MR) is 90.3 cm³/mol. The maximum Gasteiger partial charge on any atom is 0.271 e. The highest BCUT2D eigenvalue weighted by Crippen LogP contribution is 2.31. The molecule has 0 atom stereocenters. The van der Waals surface area contributed by atoms with Crippen LogP contribution in [0.1, 0.15) is 43.1 Å². The summed E-state index contributed by atoms with van der Waals surface area (Å²) in [6, 6.07) is 1.72. The monoisotopic (exact) mass is 312 g/mol. The van der Waals surface area contributed by atoms with Gasteiger partial charge in [-0.15, -0.1) is 10.2 Å². The van der Waals surface area contributed by atoms with Gasteiger partial charge in [-0.25, -0.2) is 0 Å². The van der Waals surface area contributed by atoms with Crippen LogP contribution < -0.4 is 15.5 Å². The van der Waals surface area contributed by atoms with Crippen molar-refractivity contribution in [2.45, 2.75) is 32.6 Å². The Kier molecular flexibility index (Phi) is 4.65. The lowest BCUT2D eigenvalue weighted by atomic mass is 10.2. The Balaban J connectivity index is 1.65. The van der Waals surface area contributed by atoms with Crippen LogP contribution in [-0.4, -0.2) is 28.9 Å². The molecule has 0 radical (unpaired) electrons. The summed E-state index contributed by atoms with van der Waals surface area (Å²) in [6.45, 7) is 2.83. The van der Waals surface area contributed by atoms with E-state index in [0.29, 0.717) is 18.1 Å². The summed E-state index contributed by atoms with van der Waals surface area (Å²) in [5, 5.41) is 14.2. The second-order valence-corrected chi connectivity index (χ2v) is 5.44. The average molecular weight is 312 g/mol. The van der Waals surface area contributed by atoms with E-state index >= 15 is 0 Å². The first kappa shape index (κ1) is 15.2. The van der Waals surface area contributed by atoms with Gasteiger partial charge < -0.3 is 10.6 Å². The van der Waals surface area contributed by atoms with Gasteiger partial charge in [0.1, 0.15) is 0 Å². The van der Waals surface area contributed by atoms with E-state index in [2.05, 4.69) is 32.7 Å². The van der Waals surface area contributed by atoms with Gasteiger partial charge in [-0.3, -0.25) is 14.7 Å². The van der Waals surface area contributed by atoms with Gasteiger partial charge in [0.15, 0.2) is 11.5 Å². The molecular weight excluding hydrogens is 292 g/mol. The Labute approximate surface area is 135 Å². The first-order valence-corrected chi connectivity index (χ1v) is 7.91. The van der Waals surface area contributed by atoms with Gasteiger partial charge in [0.05, 0.1) is 17.6 Å². The van der Waals surface area contributed by atoms with E-state index in [4.69, 9.17) is 0 Å². The first-order valence-electron chi connectivity index (χ1n) is 7.91. The number of allylic oxidation sites excluding steroid dienone is 1. The van der Waals surface area contributed by atoms with Crippen molar-refractivity contribution in [1.82, 2.24) is 15.5 Å². The number of carbonyl (C=O) groups excluding carboxylic acids is 1. The van der Waals surface area contributed by atoms with E-state index in [1.807, 2.05) is 17.3 Å². The maximum absolute atomic E-state index is 12.1. The molecule has 0 fully saturated rings. The standard InChI is InChI=1S/C16H20N6O/c1-2-3-4-5-6-18-16(23)14-9-13-15(21-20-14)22-8-7-17-10-12(22)11-19-13/h7-11,19H,2-6H2,1H3,(H,18,23). The van der Waals surface area contributed by atoms with Crippen LogP contribution in [0.4, 0.5) is 11.5 Å². The van der Waals surface area contributed by atoms with Gasteiger partial charge in [-0.05, 0) is 12.5 Å². The number of aliphatic imine (C=N–C) groups is 1. The van der Waals surface area contributed by atoms with E-state index in [9.17, 15) is 4.79 Å². The predicted octanol–water partition coefficient (Wildman–Crippen LogP) is 2.42. The summed E-state index contributed by atoms with van der Waals surface area (Å²) >= 11 is 0. The number of aromatic nitrogens is 2. The molecule has 1 amide bonds. The number of hydrogen-bond acceptors (Lipinski definition) is 6. The van der Waals surface area contributed by atoms with E-state index < -0.39 is 0 Å². The second kappa shape index (κ2) is 7.04. The SMILES string of the molecule is CCCCCCNC(=O)c1cc2c(nn1)N1C=CN=CC1=CN2. The van der Waals surface area contributed by atoms with Crippen molar-refractivity contribution in [1.29, 1.82) is 0 Å². The Hall–Kier alpha value is -2.70. The van der Waals surface area contributed by atoms with Gasteiger partial charge in [-0.1, -0.05) is 26.2 Å². The number of carbonyl (C=O) groups is 1. The van der Waals surface area contributed by atoms with Crippen LogP contribution in [0.25, 0.3) is 0 Å². The largest absolute Gasteiger partial charge is 0.357 e. The molecule has 3 rings (SSSR count). The van der Waals surface area contributed by atoms with Gasteiger partial charge in [0, 0.05) is 25.1 Å². The minimum Gasteiger partial charge on any atom is -0.357 e. The summed E-state index contributed by atoms with van der Waals surface area (Å²) in [4.78, 5) is 18.1. The van der Waals surface area contributed by atoms with Crippen molar-refractivity contribution in [3.63, 3.8) is 0 Å². The molecule has 0 aliphatic carbocycles. The van der Waals surface area contributed by atoms with Crippen molar-refractivity contribution in [2.24, 2.45) is 4.99 Å². The molecule has 0 aromatic carbocycles. The second-order valence-electron chi connectivity index (χ2n) is 5.44. The summed E-state index contributed by atoms with van der Waals surface area (Å²) in [6.07, 6.45) is 11.5. The summed E-state index contributed by atoms with van der Waals surface area (Å²) in [5.74, 6) is 0.466. The van der Waals surface area contributed by atoms with Gasteiger partial charge in [0.2, 0.25) is 0 Å². The molecule has 1 aromatic rings. The Morgan fingerprint density at radius 3 is 3.09 bits per heavy atom. The molecule has 7 nitrogen and oxygen atoms in total. The number of hydrogen-bond donors (Lipinski definition) is 2. The summed E-state index contributed by atoms with van der Waals surface area (Å²) in [7, 11) is 0. The molecule has 7 heteroatoms. The van der Waals surface area contributed by atoms with E-state index in [1.165, 1.54) is 12.8 Å². The Bertz CT molecular complexity index is 679. The van der Waals surface area contributed by atoms with Crippen molar-refractivity contribution in [2.75, 3.05) is 16.8 Å². The molecule has 2 N–H and O–H groups in total. The number of fused-ring (bicyclic) bond motifs is 3. The van der Waals surface area contributed by atoms with Crippen molar-refractivity contribution < 1.29 is 4.79 Å². The third kappa shape index (κ3) is 3.39. The summed E-state index contributed by atoms with van der Waals surface area (Å²) < 4.78 is 0. The topological polar surface area (TPSA) is 82.5 Å². The molecular formula is C16H20N6O. The smallest absolute Gasteiger partial charge is 0.271 e. The normalized spacial score (nSPS) is 14.7. The first-order chi connectivity index (χ1) is 11.3. The van der Waals surface area contributed by atoms with Gasteiger partial charge in [0.25, 0.3) is 5.91 Å². The minimum absolute atomic E-state index is 0.191. The zero-order chi connectivity index (χ0) is 16.1. The highest BCUT2D eigenvalue weighted by atomic mass is 16.1. The van der Waals surface area contributed by atoms with Crippen LogP contribution in [-0.2, 0) is 0 Å². The lowest BCUT2D eigenvalue weighted by molar-refractivity contribution is 0.0947. The van der Waals surface area contributed by atoms with Crippen molar-refractivity contribution in [3.8, 4) is 0 Å². The molecule has 120 valence electrons. The molecule has 0 unspecified atom stereocenters. The zero-order valence-electron chi connectivity index (χ0n) is 13.1. The highest BCUT2D eigenvalue weighted by molar-refractivity contribution is 5.96. The lowest BCUT2D eigenvalue weighted by Crippen LogP contribution is -2.28. The molecule has 0 saturated heterocycles. The highest BCUT2D eigenvalue weighted by Gasteiger charge is 2.22. The molecule has 3 heterocycles. The molecule has 2 aliphatic rings. The average Bonchev–Trinajstić information content (AvgIpc) is 2.60. The van der Waals surface area contributed by atoms with Crippen molar-refractivity contribution in [3.05, 3.63) is 36.1 Å². The minimum atomic E-state index is -0.191. The number of nitrogens with zero attached hydrogens (tertiary/aromatic N) is 4. The molecule has 23 heavy (non-hydrogen) atoms. The number of nitrogens with one attached hydrogen (secondary N) is 2. The number of anilines is 2. The number of unbranched alkanes of at least 4 members (excludes halogenated alkanes) is 3. The van der Waals surface area contributed by atoms with E-state index in [-0.39, 0.29) is 5.91 Å². The molecule has 0 saturated carbocycles. The van der Waals surface area contributed by atoms with Gasteiger partial charge >= 0.3 is 0 Å². The van der Waals surface area contributed by atoms with Crippen LogP contribution in [0.15, 0.2) is 35.4 Å². The van der Waals surface area contributed by atoms with Crippen LogP contribution in [0.3, 0.4) is 0 Å². The summed E-state index contributed by atoms with van der Waals surface area (Å²) in [5.41, 5.74) is 1.94. The Morgan fingerprint density at radius 2 is 2.22 bits per heavy atom. The van der Waals surface area contributed by atoms with Crippen LogP contribution in [0.5, 0.6) is 0 Å². The third-order valence-electron chi connectivity index (χ3n) is 3.71. The molecule has 0 spiro atoms. The quantitative estimate of drug-likeness (QED) is 0.788. The zero-order valence-corrected chi connectivity index (χ0v) is 13.1. The third-order valence-corrected chi connectivity index (χ3v) is 3.71. The van der Waals surface area contributed by atoms with Gasteiger partial charge in [-0.2, -0.15) is 0 Å². The van der Waals surface area contributed by atoms with Crippen LogP contribution >= 0.6 is 0 Å². The Morgan fingerprint density at radius 1 is 1.30 bits per heavy atom. The fourth-order valence-corrected chi connectivity index (χ4v) is 2.45.